The maximum atomic E-state index is 11.5. The van der Waals surface area contributed by atoms with Gasteiger partial charge in [-0.15, -0.1) is 0 Å². The molecule has 2 aromatic heterocycles. The Kier molecular flexibility index (Phi) is 3.28. The van der Waals surface area contributed by atoms with E-state index in [0.29, 0.717) is 6.04 Å². The highest BCUT2D eigenvalue weighted by atomic mass is 16.1. The van der Waals surface area contributed by atoms with E-state index in [1.54, 1.807) is 0 Å². The molecule has 6 rings (SSSR count). The summed E-state index contributed by atoms with van der Waals surface area (Å²) in [5, 5.41) is 4.41. The molecule has 0 aromatic carbocycles. The highest BCUT2D eigenvalue weighted by Gasteiger charge is 2.72. The minimum Gasteiger partial charge on any atom is -0.369 e. The van der Waals surface area contributed by atoms with Crippen LogP contribution in [-0.4, -0.2) is 47.0 Å². The minimum atomic E-state index is -0.280. The Bertz CT molecular complexity index is 871. The molecule has 3 aliphatic carbocycles. The number of amides is 1. The van der Waals surface area contributed by atoms with E-state index in [0.717, 1.165) is 67.7 Å². The van der Waals surface area contributed by atoms with Gasteiger partial charge in [0.05, 0.1) is 17.1 Å². The molecule has 4 fully saturated rings. The molecule has 2 bridgehead atoms. The van der Waals surface area contributed by atoms with Gasteiger partial charge in [0.15, 0.2) is 0 Å². The average Bonchev–Trinajstić information content (AvgIpc) is 2.59. The first-order valence-corrected chi connectivity index (χ1v) is 9.38. The number of fused-ring (bicyclic) bond motifs is 1. The van der Waals surface area contributed by atoms with Crippen LogP contribution in [0.5, 0.6) is 0 Å². The maximum absolute atomic E-state index is 11.5. The molecule has 3 N–H and O–H groups in total. The Morgan fingerprint density at radius 1 is 1.23 bits per heavy atom. The molecule has 3 saturated carbocycles. The summed E-state index contributed by atoms with van der Waals surface area (Å²) < 4.78 is 0. The third kappa shape index (κ3) is 2.16. The fourth-order valence-electron chi connectivity index (χ4n) is 5.04. The number of hydrogen-bond donors (Lipinski definition) is 2. The smallest absolute Gasteiger partial charge is 0.223 e. The molecule has 1 aliphatic heterocycles. The number of aromatic nitrogens is 3. The Morgan fingerprint density at radius 2 is 1.96 bits per heavy atom. The molecule has 1 saturated heterocycles. The van der Waals surface area contributed by atoms with Gasteiger partial charge in [-0.2, -0.15) is 0 Å². The molecule has 3 heterocycles. The second kappa shape index (κ2) is 5.36. The molecular weight excluding hydrogens is 328 g/mol. The predicted molar refractivity (Wildman–Crippen MR) is 98.8 cm³/mol. The number of anilines is 1. The van der Waals surface area contributed by atoms with Crippen LogP contribution in [0.2, 0.25) is 0 Å². The summed E-state index contributed by atoms with van der Waals surface area (Å²) in [5.74, 6) is 1.64. The zero-order chi connectivity index (χ0) is 17.9. The van der Waals surface area contributed by atoms with E-state index >= 15 is 0 Å². The summed E-state index contributed by atoms with van der Waals surface area (Å²) in [6, 6.07) is 2.60. The molecular formula is C19H24N6O. The summed E-state index contributed by atoms with van der Waals surface area (Å²) in [7, 11) is 2.12. The number of nitrogens with zero attached hydrogens (tertiary/aromatic N) is 4. The Labute approximate surface area is 152 Å². The molecule has 4 aliphatic rings. The van der Waals surface area contributed by atoms with Crippen molar-refractivity contribution in [2.75, 3.05) is 25.0 Å². The van der Waals surface area contributed by atoms with E-state index < -0.39 is 0 Å². The van der Waals surface area contributed by atoms with Crippen LogP contribution < -0.4 is 16.0 Å². The van der Waals surface area contributed by atoms with E-state index in [4.69, 9.17) is 10.7 Å². The number of carbonyl (C=O) groups is 1. The third-order valence-corrected chi connectivity index (χ3v) is 6.70. The normalized spacial score (nSPS) is 30.5. The number of carbonyl (C=O) groups excluding carboxylic acids is 1. The quantitative estimate of drug-likeness (QED) is 0.856. The predicted octanol–water partition coefficient (Wildman–Crippen LogP) is 1.12. The zero-order valence-corrected chi connectivity index (χ0v) is 15.0. The Hall–Kier alpha value is -2.28. The Morgan fingerprint density at radius 3 is 2.65 bits per heavy atom. The van der Waals surface area contributed by atoms with Gasteiger partial charge in [-0.05, 0) is 51.3 Å². The zero-order valence-electron chi connectivity index (χ0n) is 15.0. The number of hydrogen-bond acceptors (Lipinski definition) is 6. The number of nitrogens with one attached hydrogen (secondary N) is 1. The van der Waals surface area contributed by atoms with E-state index in [1.165, 1.54) is 0 Å². The van der Waals surface area contributed by atoms with E-state index in [1.807, 2.05) is 12.4 Å². The molecule has 7 heteroatoms. The van der Waals surface area contributed by atoms with E-state index in [2.05, 4.69) is 33.3 Å². The van der Waals surface area contributed by atoms with Gasteiger partial charge in [0.2, 0.25) is 5.91 Å². The second-order valence-electron chi connectivity index (χ2n) is 8.34. The van der Waals surface area contributed by atoms with Crippen LogP contribution in [0, 0.1) is 5.41 Å². The molecule has 7 nitrogen and oxygen atoms in total. The van der Waals surface area contributed by atoms with Crippen molar-refractivity contribution in [3.05, 3.63) is 24.3 Å². The molecule has 0 spiro atoms. The second-order valence-corrected chi connectivity index (χ2v) is 8.34. The molecule has 0 atom stereocenters. The van der Waals surface area contributed by atoms with E-state index in [-0.39, 0.29) is 16.7 Å². The van der Waals surface area contributed by atoms with Crippen molar-refractivity contribution < 1.29 is 4.79 Å². The fraction of sp³-hybridized carbons (Fsp3) is 0.579. The number of piperidine rings is 1. The standard InChI is InChI=1S/C19H24N6O/c1-25(13-2-4-21-5-3-13)15-6-12-7-23-17(24-14(12)8-22-15)19-9-18(10-19,11-19)16(20)26/h6-8,13,21H,2-5,9-11H2,1H3,(H2,20,26). The third-order valence-electron chi connectivity index (χ3n) is 6.70. The van der Waals surface area contributed by atoms with Crippen LogP contribution in [0.3, 0.4) is 0 Å². The SMILES string of the molecule is CN(c1cc2cnc(C34CC(C(N)=O)(C3)C4)nc2cn1)C1CCNCC1. The van der Waals surface area contributed by atoms with Gasteiger partial charge in [0.25, 0.3) is 0 Å². The lowest BCUT2D eigenvalue weighted by Crippen LogP contribution is -2.69. The van der Waals surface area contributed by atoms with Crippen molar-refractivity contribution in [1.82, 2.24) is 20.3 Å². The van der Waals surface area contributed by atoms with Crippen LogP contribution in [-0.2, 0) is 10.2 Å². The van der Waals surface area contributed by atoms with Gasteiger partial charge < -0.3 is 16.0 Å². The monoisotopic (exact) mass is 352 g/mol. The summed E-state index contributed by atoms with van der Waals surface area (Å²) in [6.07, 6.45) is 8.41. The summed E-state index contributed by atoms with van der Waals surface area (Å²) in [6.45, 7) is 2.12. The minimum absolute atomic E-state index is 0.0339. The average molecular weight is 352 g/mol. The highest BCUT2D eigenvalue weighted by molar-refractivity contribution is 5.86. The molecule has 26 heavy (non-hydrogen) atoms. The molecule has 1 amide bonds. The summed E-state index contributed by atoms with van der Waals surface area (Å²) in [4.78, 5) is 27.8. The van der Waals surface area contributed by atoms with Gasteiger partial charge in [-0.1, -0.05) is 0 Å². The maximum Gasteiger partial charge on any atom is 0.223 e. The number of rotatable bonds is 4. The number of primary amides is 1. The lowest BCUT2D eigenvalue weighted by molar-refractivity contribution is -0.174. The van der Waals surface area contributed by atoms with Gasteiger partial charge in [-0.3, -0.25) is 4.79 Å². The first kappa shape index (κ1) is 15.9. The molecule has 0 unspecified atom stereocenters. The van der Waals surface area contributed by atoms with E-state index in [9.17, 15) is 4.79 Å². The number of pyridine rings is 1. The summed E-state index contributed by atoms with van der Waals surface area (Å²) in [5.41, 5.74) is 6.06. The van der Waals surface area contributed by atoms with Crippen LogP contribution in [0.4, 0.5) is 5.82 Å². The molecule has 136 valence electrons. The topological polar surface area (TPSA) is 97.0 Å². The van der Waals surface area contributed by atoms with Crippen LogP contribution >= 0.6 is 0 Å². The van der Waals surface area contributed by atoms with Crippen LogP contribution in [0.25, 0.3) is 10.9 Å². The van der Waals surface area contributed by atoms with Crippen LogP contribution in [0.15, 0.2) is 18.5 Å². The largest absolute Gasteiger partial charge is 0.369 e. The van der Waals surface area contributed by atoms with Crippen molar-refractivity contribution in [3.63, 3.8) is 0 Å². The fourth-order valence-corrected chi connectivity index (χ4v) is 5.04. The van der Waals surface area contributed by atoms with Crippen molar-refractivity contribution in [1.29, 1.82) is 0 Å². The van der Waals surface area contributed by atoms with Gasteiger partial charge in [0.1, 0.15) is 11.6 Å². The molecule has 0 radical (unpaired) electrons. The van der Waals surface area contributed by atoms with Crippen LogP contribution in [0.1, 0.15) is 37.9 Å². The van der Waals surface area contributed by atoms with Crippen molar-refractivity contribution in [2.45, 2.75) is 43.6 Å². The molecule has 2 aromatic rings. The first-order valence-electron chi connectivity index (χ1n) is 9.38. The van der Waals surface area contributed by atoms with Gasteiger partial charge in [0, 0.05) is 30.1 Å². The van der Waals surface area contributed by atoms with Crippen molar-refractivity contribution >= 4 is 22.6 Å². The lowest BCUT2D eigenvalue weighted by atomic mass is 9.34. The number of nitrogens with two attached hydrogens (primary N) is 1. The Balaban J connectivity index is 1.39. The summed E-state index contributed by atoms with van der Waals surface area (Å²) >= 11 is 0. The van der Waals surface area contributed by atoms with Gasteiger partial charge in [-0.25, -0.2) is 15.0 Å². The highest BCUT2D eigenvalue weighted by Crippen LogP contribution is 2.72. The van der Waals surface area contributed by atoms with Gasteiger partial charge >= 0.3 is 0 Å². The van der Waals surface area contributed by atoms with Crippen molar-refractivity contribution in [3.8, 4) is 0 Å². The van der Waals surface area contributed by atoms with Crippen molar-refractivity contribution in [2.24, 2.45) is 11.1 Å². The first-order chi connectivity index (χ1) is 12.5. The lowest BCUT2D eigenvalue weighted by Gasteiger charge is -2.67.